The number of nitrogens with two attached hydrogens (primary N) is 1. The highest BCUT2D eigenvalue weighted by Gasteiger charge is 2.45. The van der Waals surface area contributed by atoms with E-state index in [2.05, 4.69) is 5.32 Å². The minimum atomic E-state index is -0.711. The van der Waals surface area contributed by atoms with E-state index in [1.165, 1.54) is 12.1 Å². The molecule has 0 radical (unpaired) electrons. The summed E-state index contributed by atoms with van der Waals surface area (Å²) in [5, 5.41) is 2.90. The van der Waals surface area contributed by atoms with Gasteiger partial charge in [0.1, 0.15) is 5.82 Å². The lowest BCUT2D eigenvalue weighted by Crippen LogP contribution is -2.46. The number of nitrogens with one attached hydrogen (secondary N) is 1. The van der Waals surface area contributed by atoms with E-state index in [1.807, 2.05) is 0 Å². The Balaban J connectivity index is 1.92. The number of halogens is 1. The summed E-state index contributed by atoms with van der Waals surface area (Å²) in [6.45, 7) is 1.74. The van der Waals surface area contributed by atoms with E-state index in [9.17, 15) is 14.0 Å². The van der Waals surface area contributed by atoms with Gasteiger partial charge in [-0.3, -0.25) is 9.59 Å². The number of hydrogen-bond acceptors (Lipinski definition) is 2. The molecule has 3 N–H and O–H groups in total. The van der Waals surface area contributed by atoms with E-state index in [4.69, 9.17) is 5.73 Å². The molecule has 24 heavy (non-hydrogen) atoms. The van der Waals surface area contributed by atoms with Crippen molar-refractivity contribution in [1.29, 1.82) is 0 Å². The molecule has 1 fully saturated rings. The second kappa shape index (κ2) is 6.07. The van der Waals surface area contributed by atoms with Crippen molar-refractivity contribution < 1.29 is 14.0 Å². The summed E-state index contributed by atoms with van der Waals surface area (Å²) in [6, 6.07) is 11.2. The average Bonchev–Trinajstić information content (AvgIpc) is 2.48. The molecule has 0 heterocycles. The van der Waals surface area contributed by atoms with Crippen molar-refractivity contribution in [3.05, 3.63) is 65.0 Å². The van der Waals surface area contributed by atoms with Gasteiger partial charge in [0, 0.05) is 11.3 Å². The molecule has 124 valence electrons. The molecule has 0 atom stereocenters. The maximum atomic E-state index is 13.6. The minimum Gasteiger partial charge on any atom is -0.366 e. The zero-order valence-corrected chi connectivity index (χ0v) is 13.4. The van der Waals surface area contributed by atoms with Crippen molar-refractivity contribution in [2.45, 2.75) is 31.6 Å². The topological polar surface area (TPSA) is 72.2 Å². The fourth-order valence-corrected chi connectivity index (χ4v) is 3.24. The summed E-state index contributed by atoms with van der Waals surface area (Å²) >= 11 is 0. The van der Waals surface area contributed by atoms with Gasteiger partial charge in [-0.05, 0) is 55.2 Å². The van der Waals surface area contributed by atoms with Crippen LogP contribution in [0.1, 0.15) is 40.7 Å². The molecule has 0 aliphatic heterocycles. The van der Waals surface area contributed by atoms with Gasteiger partial charge in [0.05, 0.1) is 5.41 Å². The highest BCUT2D eigenvalue weighted by molar-refractivity contribution is 6.02. The maximum absolute atomic E-state index is 13.6. The first-order chi connectivity index (χ1) is 11.4. The summed E-state index contributed by atoms with van der Waals surface area (Å²) in [4.78, 5) is 24.4. The van der Waals surface area contributed by atoms with Crippen LogP contribution < -0.4 is 11.1 Å². The number of amides is 2. The average molecular weight is 326 g/mol. The number of benzene rings is 2. The second-order valence-corrected chi connectivity index (χ2v) is 6.24. The van der Waals surface area contributed by atoms with Crippen LogP contribution in [0.5, 0.6) is 0 Å². The van der Waals surface area contributed by atoms with Gasteiger partial charge in [0.25, 0.3) is 0 Å². The van der Waals surface area contributed by atoms with Crippen LogP contribution in [-0.4, -0.2) is 11.8 Å². The smallest absolute Gasteiger partial charge is 0.249 e. The molecule has 0 spiro atoms. The van der Waals surface area contributed by atoms with Crippen LogP contribution in [0.25, 0.3) is 0 Å². The third-order valence-electron chi connectivity index (χ3n) is 4.87. The normalized spacial score (nSPS) is 15.4. The number of rotatable bonds is 4. The summed E-state index contributed by atoms with van der Waals surface area (Å²) in [5.41, 5.74) is 6.89. The first kappa shape index (κ1) is 16.2. The molecule has 1 aliphatic rings. The second-order valence-electron chi connectivity index (χ2n) is 6.24. The van der Waals surface area contributed by atoms with E-state index in [0.29, 0.717) is 35.2 Å². The van der Waals surface area contributed by atoms with E-state index in [0.717, 1.165) is 6.42 Å². The summed E-state index contributed by atoms with van der Waals surface area (Å²) in [5.74, 6) is -1.06. The highest BCUT2D eigenvalue weighted by Crippen LogP contribution is 2.45. The number of carbonyl (C=O) groups is 2. The van der Waals surface area contributed by atoms with Gasteiger partial charge >= 0.3 is 0 Å². The zero-order valence-electron chi connectivity index (χ0n) is 13.4. The first-order valence-corrected chi connectivity index (χ1v) is 7.91. The molecular weight excluding hydrogens is 307 g/mol. The molecule has 3 rings (SSSR count). The molecule has 5 heteroatoms. The maximum Gasteiger partial charge on any atom is 0.249 e. The van der Waals surface area contributed by atoms with E-state index < -0.39 is 11.3 Å². The van der Waals surface area contributed by atoms with Gasteiger partial charge < -0.3 is 11.1 Å². The number of anilines is 1. The van der Waals surface area contributed by atoms with Gasteiger partial charge in [-0.2, -0.15) is 0 Å². The minimum absolute atomic E-state index is 0.177. The number of hydrogen-bond donors (Lipinski definition) is 2. The quantitative estimate of drug-likeness (QED) is 0.905. The van der Waals surface area contributed by atoms with E-state index in [1.54, 1.807) is 37.3 Å². The van der Waals surface area contributed by atoms with Crippen LogP contribution in [0.3, 0.4) is 0 Å². The Kier molecular flexibility index (Phi) is 4.09. The molecule has 2 aromatic carbocycles. The monoisotopic (exact) mass is 326 g/mol. The molecule has 2 aromatic rings. The fraction of sp³-hybridized carbons (Fsp3) is 0.263. The number of carbonyl (C=O) groups excluding carboxylic acids is 2. The van der Waals surface area contributed by atoms with E-state index in [-0.39, 0.29) is 11.7 Å². The van der Waals surface area contributed by atoms with Gasteiger partial charge in [-0.1, -0.05) is 24.6 Å². The predicted octanol–water partition coefficient (Wildman–Crippen LogP) is 3.29. The molecule has 4 nitrogen and oxygen atoms in total. The lowest BCUT2D eigenvalue weighted by atomic mass is 9.63. The van der Waals surface area contributed by atoms with Crippen molar-refractivity contribution in [3.63, 3.8) is 0 Å². The van der Waals surface area contributed by atoms with Gasteiger partial charge in [-0.25, -0.2) is 4.39 Å². The third-order valence-corrected chi connectivity index (χ3v) is 4.87. The number of primary amides is 1. The molecule has 0 saturated heterocycles. The van der Waals surface area contributed by atoms with Crippen LogP contribution >= 0.6 is 0 Å². The van der Waals surface area contributed by atoms with Crippen molar-refractivity contribution in [3.8, 4) is 0 Å². The zero-order chi connectivity index (χ0) is 17.3. The first-order valence-electron chi connectivity index (χ1n) is 7.91. The molecule has 2 amide bonds. The SMILES string of the molecule is Cc1c(NC(=O)C2(c3cccc(F)c3)CCC2)cccc1C(N)=O. The van der Waals surface area contributed by atoms with Gasteiger partial charge in [0.2, 0.25) is 11.8 Å². The summed E-state index contributed by atoms with van der Waals surface area (Å²) in [6.07, 6.45) is 2.28. The Morgan fingerprint density at radius 3 is 2.46 bits per heavy atom. The van der Waals surface area contributed by atoms with Crippen LogP contribution in [-0.2, 0) is 10.2 Å². The lowest BCUT2D eigenvalue weighted by molar-refractivity contribution is -0.124. The predicted molar refractivity (Wildman–Crippen MR) is 90.3 cm³/mol. The Morgan fingerprint density at radius 2 is 1.88 bits per heavy atom. The Labute approximate surface area is 139 Å². The van der Waals surface area contributed by atoms with E-state index >= 15 is 0 Å². The van der Waals surface area contributed by atoms with Gasteiger partial charge in [-0.15, -0.1) is 0 Å². The molecule has 0 unspecified atom stereocenters. The highest BCUT2D eigenvalue weighted by atomic mass is 19.1. The molecule has 0 bridgehead atoms. The van der Waals surface area contributed by atoms with Gasteiger partial charge in [0.15, 0.2) is 0 Å². The summed E-state index contributed by atoms with van der Waals surface area (Å²) in [7, 11) is 0. The van der Waals surface area contributed by atoms with Crippen molar-refractivity contribution >= 4 is 17.5 Å². The van der Waals surface area contributed by atoms with Crippen molar-refractivity contribution in [1.82, 2.24) is 0 Å². The molecule has 1 saturated carbocycles. The summed E-state index contributed by atoms with van der Waals surface area (Å²) < 4.78 is 13.6. The van der Waals surface area contributed by atoms with Crippen LogP contribution in [0, 0.1) is 12.7 Å². The molecule has 1 aliphatic carbocycles. The lowest BCUT2D eigenvalue weighted by Gasteiger charge is -2.40. The molecule has 0 aromatic heterocycles. The van der Waals surface area contributed by atoms with Crippen molar-refractivity contribution in [2.75, 3.05) is 5.32 Å². The van der Waals surface area contributed by atoms with Crippen LogP contribution in [0.2, 0.25) is 0 Å². The van der Waals surface area contributed by atoms with Crippen LogP contribution in [0.4, 0.5) is 10.1 Å². The molecular formula is C19H19FN2O2. The fourth-order valence-electron chi connectivity index (χ4n) is 3.24. The third kappa shape index (κ3) is 2.66. The Morgan fingerprint density at radius 1 is 1.17 bits per heavy atom. The standard InChI is InChI=1S/C19H19FN2O2/c1-12-15(17(21)23)7-3-8-16(12)22-18(24)19(9-4-10-19)13-5-2-6-14(20)11-13/h2-3,5-8,11H,4,9-10H2,1H3,(H2,21,23)(H,22,24). The Hall–Kier alpha value is -2.69. The largest absolute Gasteiger partial charge is 0.366 e. The van der Waals surface area contributed by atoms with Crippen molar-refractivity contribution in [2.24, 2.45) is 5.73 Å². The Bertz CT molecular complexity index is 813. The van der Waals surface area contributed by atoms with Crippen LogP contribution in [0.15, 0.2) is 42.5 Å².